The summed E-state index contributed by atoms with van der Waals surface area (Å²) in [6.07, 6.45) is 5.60. The van der Waals surface area contributed by atoms with E-state index in [-0.39, 0.29) is 16.5 Å². The highest BCUT2D eigenvalue weighted by Gasteiger charge is 2.25. The van der Waals surface area contributed by atoms with Gasteiger partial charge in [-0.25, -0.2) is 24.7 Å². The number of hydrogen-bond acceptors (Lipinski definition) is 9. The molecule has 1 aliphatic rings. The van der Waals surface area contributed by atoms with Crippen molar-refractivity contribution in [3.05, 3.63) is 82.8 Å². The van der Waals surface area contributed by atoms with Gasteiger partial charge in [-0.05, 0) is 75.9 Å². The number of sulfonamides is 1. The van der Waals surface area contributed by atoms with E-state index in [1.807, 2.05) is 32.9 Å². The SMILES string of the molecule is Cc1cc(C)c(Oc2nc(-c3cnc(N4CCCC4)nc3)ccc2C(=O)NS(=O)(=O)c2cccc(C)n2)c(C)c1. The number of carbonyl (C=O) groups is 1. The maximum atomic E-state index is 13.3. The van der Waals surface area contributed by atoms with Gasteiger partial charge in [0.25, 0.3) is 15.9 Å². The van der Waals surface area contributed by atoms with Gasteiger partial charge >= 0.3 is 0 Å². The van der Waals surface area contributed by atoms with Crippen molar-refractivity contribution in [1.82, 2.24) is 24.7 Å². The number of nitrogens with zero attached hydrogens (tertiary/aromatic N) is 5. The van der Waals surface area contributed by atoms with Crippen LogP contribution in [0, 0.1) is 27.7 Å². The Morgan fingerprint density at radius 1 is 0.925 bits per heavy atom. The van der Waals surface area contributed by atoms with Crippen LogP contribution in [-0.4, -0.2) is 47.4 Å². The molecule has 3 aromatic heterocycles. The Bertz CT molecular complexity index is 1660. The van der Waals surface area contributed by atoms with Crippen LogP contribution in [0.5, 0.6) is 11.6 Å². The molecule has 11 heteroatoms. The molecule has 0 atom stereocenters. The molecule has 0 radical (unpaired) electrons. The van der Waals surface area contributed by atoms with E-state index in [0.717, 1.165) is 42.6 Å². The lowest BCUT2D eigenvalue weighted by Gasteiger charge is -2.16. The van der Waals surface area contributed by atoms with Gasteiger partial charge in [0.05, 0.1) is 5.69 Å². The number of ether oxygens (including phenoxy) is 1. The van der Waals surface area contributed by atoms with Crippen LogP contribution in [0.15, 0.2) is 59.9 Å². The van der Waals surface area contributed by atoms with Gasteiger partial charge in [0.2, 0.25) is 11.8 Å². The molecule has 0 saturated carbocycles. The van der Waals surface area contributed by atoms with Crippen molar-refractivity contribution in [2.45, 2.75) is 45.6 Å². The number of rotatable bonds is 7. The zero-order chi connectivity index (χ0) is 28.4. The Hall–Kier alpha value is -4.38. The van der Waals surface area contributed by atoms with Gasteiger partial charge in [0.15, 0.2) is 5.03 Å². The first-order chi connectivity index (χ1) is 19.1. The molecule has 0 bridgehead atoms. The molecule has 5 rings (SSSR count). The van der Waals surface area contributed by atoms with Gasteiger partial charge in [-0.3, -0.25) is 4.79 Å². The predicted molar refractivity (Wildman–Crippen MR) is 151 cm³/mol. The number of carbonyl (C=O) groups excluding carboxylic acids is 1. The summed E-state index contributed by atoms with van der Waals surface area (Å²) in [5, 5.41) is -0.256. The number of nitrogens with one attached hydrogen (secondary N) is 1. The first-order valence-corrected chi connectivity index (χ1v) is 14.4. The topological polar surface area (TPSA) is 127 Å². The zero-order valence-electron chi connectivity index (χ0n) is 22.8. The highest BCUT2D eigenvalue weighted by Crippen LogP contribution is 2.32. The summed E-state index contributed by atoms with van der Waals surface area (Å²) in [7, 11) is -4.24. The fourth-order valence-corrected chi connectivity index (χ4v) is 5.69. The van der Waals surface area contributed by atoms with Gasteiger partial charge < -0.3 is 9.64 Å². The smallest absolute Gasteiger partial charge is 0.281 e. The number of amides is 1. The van der Waals surface area contributed by atoms with Crippen LogP contribution in [0.2, 0.25) is 0 Å². The van der Waals surface area contributed by atoms with E-state index >= 15 is 0 Å². The van der Waals surface area contributed by atoms with E-state index in [9.17, 15) is 13.2 Å². The number of anilines is 1. The summed E-state index contributed by atoms with van der Waals surface area (Å²) in [5.41, 5.74) is 4.34. The number of aromatic nitrogens is 4. The fraction of sp³-hybridized carbons (Fsp3) is 0.276. The van der Waals surface area contributed by atoms with E-state index in [0.29, 0.717) is 28.6 Å². The minimum absolute atomic E-state index is 0.0407. The summed E-state index contributed by atoms with van der Waals surface area (Å²) < 4.78 is 34.2. The van der Waals surface area contributed by atoms with E-state index < -0.39 is 15.9 Å². The number of benzene rings is 1. The molecule has 206 valence electrons. The second kappa shape index (κ2) is 11.0. The van der Waals surface area contributed by atoms with E-state index in [4.69, 9.17) is 4.74 Å². The van der Waals surface area contributed by atoms with Gasteiger partial charge in [-0.2, -0.15) is 8.42 Å². The van der Waals surface area contributed by atoms with Crippen LogP contribution in [0.25, 0.3) is 11.3 Å². The molecule has 0 unspecified atom stereocenters. The van der Waals surface area contributed by atoms with Crippen LogP contribution < -0.4 is 14.4 Å². The Morgan fingerprint density at radius 3 is 2.25 bits per heavy atom. The summed E-state index contributed by atoms with van der Waals surface area (Å²) in [6.45, 7) is 9.31. The van der Waals surface area contributed by atoms with Crippen molar-refractivity contribution < 1.29 is 17.9 Å². The van der Waals surface area contributed by atoms with Crippen molar-refractivity contribution in [2.24, 2.45) is 0 Å². The van der Waals surface area contributed by atoms with E-state index in [1.165, 1.54) is 12.1 Å². The molecule has 1 fully saturated rings. The monoisotopic (exact) mass is 558 g/mol. The van der Waals surface area contributed by atoms with Crippen LogP contribution in [0.3, 0.4) is 0 Å². The second-order valence-electron chi connectivity index (χ2n) is 9.90. The molecular formula is C29H30N6O4S. The minimum atomic E-state index is -4.24. The lowest BCUT2D eigenvalue weighted by Crippen LogP contribution is -2.31. The molecule has 0 aliphatic carbocycles. The maximum absolute atomic E-state index is 13.3. The molecule has 4 heterocycles. The lowest BCUT2D eigenvalue weighted by atomic mass is 10.1. The Labute approximate surface area is 233 Å². The average Bonchev–Trinajstić information content (AvgIpc) is 3.46. The molecule has 10 nitrogen and oxygen atoms in total. The van der Waals surface area contributed by atoms with Crippen molar-refractivity contribution >= 4 is 21.9 Å². The average molecular weight is 559 g/mol. The molecule has 1 aliphatic heterocycles. The Morgan fingerprint density at radius 2 is 1.60 bits per heavy atom. The van der Waals surface area contributed by atoms with Crippen LogP contribution in [0.1, 0.15) is 45.6 Å². The molecule has 1 N–H and O–H groups in total. The van der Waals surface area contributed by atoms with Gasteiger partial charge in [0, 0.05) is 36.7 Å². The van der Waals surface area contributed by atoms with Crippen molar-refractivity contribution in [2.75, 3.05) is 18.0 Å². The first-order valence-electron chi connectivity index (χ1n) is 13.0. The largest absolute Gasteiger partial charge is 0.438 e. The zero-order valence-corrected chi connectivity index (χ0v) is 23.6. The third kappa shape index (κ3) is 5.79. The second-order valence-corrected chi connectivity index (χ2v) is 11.5. The summed E-state index contributed by atoms with van der Waals surface area (Å²) in [5.74, 6) is 0.268. The van der Waals surface area contributed by atoms with Crippen LogP contribution in [0.4, 0.5) is 5.95 Å². The molecule has 40 heavy (non-hydrogen) atoms. The maximum Gasteiger partial charge on any atom is 0.281 e. The minimum Gasteiger partial charge on any atom is -0.438 e. The Balaban J connectivity index is 1.52. The van der Waals surface area contributed by atoms with Gasteiger partial charge in [0.1, 0.15) is 11.3 Å². The highest BCUT2D eigenvalue weighted by atomic mass is 32.2. The quantitative estimate of drug-likeness (QED) is 0.344. The lowest BCUT2D eigenvalue weighted by molar-refractivity contribution is 0.0978. The third-order valence-electron chi connectivity index (χ3n) is 6.60. The number of pyridine rings is 2. The highest BCUT2D eigenvalue weighted by molar-refractivity contribution is 7.90. The summed E-state index contributed by atoms with van der Waals surface area (Å²) in [4.78, 5) is 33.1. The number of hydrogen-bond donors (Lipinski definition) is 1. The van der Waals surface area contributed by atoms with Crippen LogP contribution >= 0.6 is 0 Å². The van der Waals surface area contributed by atoms with Crippen molar-refractivity contribution in [1.29, 1.82) is 0 Å². The molecular weight excluding hydrogens is 528 g/mol. The summed E-state index contributed by atoms with van der Waals surface area (Å²) in [6, 6.07) is 11.6. The van der Waals surface area contributed by atoms with Crippen molar-refractivity contribution in [3.8, 4) is 22.9 Å². The normalized spacial score (nSPS) is 13.3. The summed E-state index contributed by atoms with van der Waals surface area (Å²) >= 11 is 0. The van der Waals surface area contributed by atoms with E-state index in [2.05, 4.69) is 29.6 Å². The standard InChI is InChI=1S/C29H30N6O4S/c1-18-14-19(2)26(20(3)15-18)39-28-23(27(36)34-40(37,38)25-9-7-8-21(4)32-25)10-11-24(33-28)22-16-30-29(31-17-22)35-12-5-6-13-35/h7-11,14-17H,5-6,12-13H2,1-4H3,(H,34,36). The fourth-order valence-electron chi connectivity index (χ4n) is 4.71. The third-order valence-corrected chi connectivity index (χ3v) is 7.83. The van der Waals surface area contributed by atoms with Crippen LogP contribution in [-0.2, 0) is 10.0 Å². The first kappa shape index (κ1) is 27.2. The molecule has 4 aromatic rings. The molecule has 0 spiro atoms. The number of aryl methyl sites for hydroxylation is 4. The van der Waals surface area contributed by atoms with Gasteiger partial charge in [-0.15, -0.1) is 0 Å². The van der Waals surface area contributed by atoms with Crippen molar-refractivity contribution in [3.63, 3.8) is 0 Å². The molecule has 1 amide bonds. The molecule has 1 saturated heterocycles. The van der Waals surface area contributed by atoms with E-state index in [1.54, 1.807) is 37.5 Å². The molecule has 1 aromatic carbocycles. The Kier molecular flexibility index (Phi) is 7.49. The predicted octanol–water partition coefficient (Wildman–Crippen LogP) is 4.68. The van der Waals surface area contributed by atoms with Gasteiger partial charge in [-0.1, -0.05) is 23.8 Å².